The van der Waals surface area contributed by atoms with Gasteiger partial charge in [0.15, 0.2) is 6.61 Å². The van der Waals surface area contributed by atoms with Gasteiger partial charge in [-0.05, 0) is 52.7 Å². The summed E-state index contributed by atoms with van der Waals surface area (Å²) in [5.74, 6) is 0.726. The van der Waals surface area contributed by atoms with Gasteiger partial charge in [-0.1, -0.05) is 12.1 Å². The van der Waals surface area contributed by atoms with E-state index in [4.69, 9.17) is 10.00 Å². The highest BCUT2D eigenvalue weighted by atomic mass is 32.1. The summed E-state index contributed by atoms with van der Waals surface area (Å²) >= 11 is 1.75. The lowest BCUT2D eigenvalue weighted by Gasteiger charge is -2.08. The average Bonchev–Trinajstić information content (AvgIpc) is 2.99. The van der Waals surface area contributed by atoms with E-state index in [2.05, 4.69) is 35.0 Å². The predicted molar refractivity (Wildman–Crippen MR) is 86.7 cm³/mol. The van der Waals surface area contributed by atoms with Crippen molar-refractivity contribution < 1.29 is 4.74 Å². The topological polar surface area (TPSA) is 45.0 Å². The Hall–Kier alpha value is -2.51. The maximum atomic E-state index is 8.53. The van der Waals surface area contributed by atoms with Crippen molar-refractivity contribution in [1.29, 1.82) is 5.26 Å². The second kappa shape index (κ2) is 6.29. The van der Waals surface area contributed by atoms with Crippen molar-refractivity contribution in [3.63, 3.8) is 0 Å². The molecule has 0 aliphatic rings. The molecule has 21 heavy (non-hydrogen) atoms. The van der Waals surface area contributed by atoms with Gasteiger partial charge in [0.05, 0.1) is 0 Å². The summed E-state index contributed by atoms with van der Waals surface area (Å²) < 4.78 is 6.61. The molecule has 1 N–H and O–H groups in total. The fourth-order valence-corrected chi connectivity index (χ4v) is 2.91. The number of nitriles is 1. The summed E-state index contributed by atoms with van der Waals surface area (Å²) in [4.78, 5) is 0. The minimum Gasteiger partial charge on any atom is -0.479 e. The second-order valence-corrected chi connectivity index (χ2v) is 5.57. The van der Waals surface area contributed by atoms with Gasteiger partial charge in [0.25, 0.3) is 0 Å². The monoisotopic (exact) mass is 294 g/mol. The van der Waals surface area contributed by atoms with Crippen LogP contribution in [0.5, 0.6) is 5.75 Å². The van der Waals surface area contributed by atoms with Gasteiger partial charge in [0, 0.05) is 16.9 Å². The van der Waals surface area contributed by atoms with Crippen LogP contribution in [0, 0.1) is 11.3 Å². The molecule has 0 fully saturated rings. The molecule has 104 valence electrons. The zero-order valence-corrected chi connectivity index (χ0v) is 12.2. The lowest BCUT2D eigenvalue weighted by molar-refractivity contribution is 0.368. The summed E-state index contributed by atoms with van der Waals surface area (Å²) in [5.41, 5.74) is 2.22. The third kappa shape index (κ3) is 3.33. The number of hydrogen-bond acceptors (Lipinski definition) is 4. The first-order valence-electron chi connectivity index (χ1n) is 6.65. The van der Waals surface area contributed by atoms with E-state index in [0.717, 1.165) is 23.5 Å². The van der Waals surface area contributed by atoms with Crippen molar-refractivity contribution in [3.8, 4) is 11.8 Å². The van der Waals surface area contributed by atoms with Crippen LogP contribution in [0.3, 0.4) is 0 Å². The molecule has 3 aromatic rings. The van der Waals surface area contributed by atoms with Gasteiger partial charge < -0.3 is 10.1 Å². The van der Waals surface area contributed by atoms with Gasteiger partial charge >= 0.3 is 0 Å². The Morgan fingerprint density at radius 2 is 2.10 bits per heavy atom. The molecule has 0 aliphatic carbocycles. The Morgan fingerprint density at radius 1 is 1.14 bits per heavy atom. The van der Waals surface area contributed by atoms with Gasteiger partial charge in [-0.15, -0.1) is 11.3 Å². The van der Waals surface area contributed by atoms with Crippen LogP contribution < -0.4 is 10.1 Å². The first kappa shape index (κ1) is 13.5. The van der Waals surface area contributed by atoms with Crippen LogP contribution in [0.4, 0.5) is 5.69 Å². The molecule has 0 amide bonds. The smallest absolute Gasteiger partial charge is 0.174 e. The van der Waals surface area contributed by atoms with Crippen LogP contribution in [0.1, 0.15) is 5.56 Å². The molecule has 1 heterocycles. The summed E-state index contributed by atoms with van der Waals surface area (Å²) in [7, 11) is 0. The third-order valence-electron chi connectivity index (χ3n) is 3.15. The van der Waals surface area contributed by atoms with Crippen LogP contribution in [0.15, 0.2) is 53.9 Å². The van der Waals surface area contributed by atoms with E-state index in [1.54, 1.807) is 11.3 Å². The Morgan fingerprint density at radius 3 is 3.00 bits per heavy atom. The fourth-order valence-electron chi connectivity index (χ4n) is 2.14. The number of ether oxygens (including phenoxy) is 1. The highest BCUT2D eigenvalue weighted by molar-refractivity contribution is 7.17. The Balaban J connectivity index is 1.67. The van der Waals surface area contributed by atoms with Crippen LogP contribution >= 0.6 is 11.3 Å². The largest absolute Gasteiger partial charge is 0.479 e. The Bertz CT molecular complexity index is 789. The fraction of sp³-hybridized carbons (Fsp3) is 0.118. The zero-order chi connectivity index (χ0) is 14.5. The first-order valence-corrected chi connectivity index (χ1v) is 7.53. The number of rotatable bonds is 5. The number of nitrogens with zero attached hydrogens (tertiary/aromatic N) is 1. The van der Waals surface area contributed by atoms with E-state index in [1.807, 2.05) is 30.3 Å². The molecular formula is C17H14N2OS. The van der Waals surface area contributed by atoms with Crippen LogP contribution in [-0.4, -0.2) is 6.61 Å². The molecule has 0 spiro atoms. The quantitative estimate of drug-likeness (QED) is 0.757. The van der Waals surface area contributed by atoms with E-state index in [1.165, 1.54) is 10.1 Å². The summed E-state index contributed by atoms with van der Waals surface area (Å²) in [6.07, 6.45) is 0. The van der Waals surface area contributed by atoms with Gasteiger partial charge in [0.1, 0.15) is 11.8 Å². The molecule has 0 aliphatic heterocycles. The van der Waals surface area contributed by atoms with Crippen LogP contribution in [0.25, 0.3) is 10.1 Å². The van der Waals surface area contributed by atoms with Gasteiger partial charge in [-0.2, -0.15) is 5.26 Å². The molecular weight excluding hydrogens is 280 g/mol. The average molecular weight is 294 g/mol. The predicted octanol–water partition coefficient (Wildman–Crippen LogP) is 4.42. The van der Waals surface area contributed by atoms with Crippen molar-refractivity contribution >= 4 is 27.1 Å². The van der Waals surface area contributed by atoms with Crippen LogP contribution in [0.2, 0.25) is 0 Å². The third-order valence-corrected chi connectivity index (χ3v) is 4.05. The number of nitrogens with one attached hydrogen (secondary N) is 1. The van der Waals surface area contributed by atoms with E-state index in [-0.39, 0.29) is 6.61 Å². The van der Waals surface area contributed by atoms with Gasteiger partial charge in [-0.3, -0.25) is 0 Å². The molecule has 3 rings (SSSR count). The van der Waals surface area contributed by atoms with Crippen molar-refractivity contribution in [2.24, 2.45) is 0 Å². The Labute approximate surface area is 127 Å². The molecule has 1 aromatic heterocycles. The van der Waals surface area contributed by atoms with Crippen molar-refractivity contribution in [1.82, 2.24) is 0 Å². The minimum absolute atomic E-state index is 0.0751. The molecule has 0 atom stereocenters. The lowest BCUT2D eigenvalue weighted by atomic mass is 10.2. The van der Waals surface area contributed by atoms with E-state index >= 15 is 0 Å². The van der Waals surface area contributed by atoms with Gasteiger partial charge in [0.2, 0.25) is 0 Å². The molecule has 0 radical (unpaired) electrons. The molecule has 0 saturated carbocycles. The molecule has 0 saturated heterocycles. The number of hydrogen-bond donors (Lipinski definition) is 1. The zero-order valence-electron chi connectivity index (χ0n) is 11.4. The summed E-state index contributed by atoms with van der Waals surface area (Å²) in [6.45, 7) is 0.797. The van der Waals surface area contributed by atoms with Crippen molar-refractivity contribution in [3.05, 3.63) is 59.5 Å². The van der Waals surface area contributed by atoms with E-state index < -0.39 is 0 Å². The second-order valence-electron chi connectivity index (χ2n) is 4.62. The number of fused-ring (bicyclic) bond motifs is 1. The number of thiophene rings is 1. The van der Waals surface area contributed by atoms with Crippen molar-refractivity contribution in [2.45, 2.75) is 6.54 Å². The summed E-state index contributed by atoms with van der Waals surface area (Å²) in [6, 6.07) is 18.3. The standard InChI is InChI=1S/C17H14N2OS/c18-7-8-20-16-3-1-2-13(10-16)12-19-15-4-5-17-14(11-15)6-9-21-17/h1-6,9-11,19H,8,12H2. The van der Waals surface area contributed by atoms with Gasteiger partial charge in [-0.25, -0.2) is 0 Å². The molecule has 0 unspecified atom stereocenters. The highest BCUT2D eigenvalue weighted by Gasteiger charge is 2.00. The maximum absolute atomic E-state index is 8.53. The lowest BCUT2D eigenvalue weighted by Crippen LogP contribution is -2.00. The highest BCUT2D eigenvalue weighted by Crippen LogP contribution is 2.24. The molecule has 2 aromatic carbocycles. The van der Waals surface area contributed by atoms with E-state index in [0.29, 0.717) is 0 Å². The normalized spacial score (nSPS) is 10.2. The first-order chi connectivity index (χ1) is 10.3. The minimum atomic E-state index is 0.0751. The van der Waals surface area contributed by atoms with Crippen molar-refractivity contribution in [2.75, 3.05) is 11.9 Å². The molecule has 0 bridgehead atoms. The summed E-state index contributed by atoms with van der Waals surface area (Å²) in [5, 5.41) is 15.3. The number of benzene rings is 2. The van der Waals surface area contributed by atoms with Crippen LogP contribution in [-0.2, 0) is 6.54 Å². The maximum Gasteiger partial charge on any atom is 0.174 e. The van der Waals surface area contributed by atoms with E-state index in [9.17, 15) is 0 Å². The SMILES string of the molecule is N#CCOc1cccc(CNc2ccc3sccc3c2)c1. The molecule has 4 heteroatoms. The Kier molecular flexibility index (Phi) is 4.04. The number of anilines is 1. The molecule has 3 nitrogen and oxygen atoms in total.